The second-order valence-electron chi connectivity index (χ2n) is 4.45. The van der Waals surface area contributed by atoms with Crippen LogP contribution < -0.4 is 10.5 Å². The van der Waals surface area contributed by atoms with Gasteiger partial charge in [0.2, 0.25) is 0 Å². The average Bonchev–Trinajstić information content (AvgIpc) is 2.42. The third-order valence-electron chi connectivity index (χ3n) is 2.74. The number of ether oxygens (including phenoxy) is 1. The number of nitrogen functional groups attached to an aromatic ring is 1. The highest BCUT2D eigenvalue weighted by atomic mass is 32.2. The lowest BCUT2D eigenvalue weighted by Crippen LogP contribution is -1.88. The number of nitrogens with two attached hydrogens (primary N) is 1. The standard InChI is InChI=1S/C16H19NOS/c1-3-10-19-16-11-15(7-4-12(16)2)18-14-8-5-13(17)6-9-14/h4-9,11H,3,10,17H2,1-2H3. The van der Waals surface area contributed by atoms with Crippen LogP contribution >= 0.6 is 11.8 Å². The van der Waals surface area contributed by atoms with Crippen molar-refractivity contribution in [2.75, 3.05) is 11.5 Å². The van der Waals surface area contributed by atoms with E-state index in [0.717, 1.165) is 22.9 Å². The van der Waals surface area contributed by atoms with Crippen molar-refractivity contribution in [3.63, 3.8) is 0 Å². The van der Waals surface area contributed by atoms with Crippen molar-refractivity contribution < 1.29 is 4.74 Å². The molecular formula is C16H19NOS. The van der Waals surface area contributed by atoms with Crippen molar-refractivity contribution >= 4 is 17.4 Å². The molecule has 0 aromatic heterocycles. The largest absolute Gasteiger partial charge is 0.457 e. The summed E-state index contributed by atoms with van der Waals surface area (Å²) in [5, 5.41) is 0. The van der Waals surface area contributed by atoms with E-state index in [1.807, 2.05) is 42.1 Å². The van der Waals surface area contributed by atoms with Crippen LogP contribution in [-0.2, 0) is 0 Å². The van der Waals surface area contributed by atoms with Crippen LogP contribution in [0.2, 0.25) is 0 Å². The van der Waals surface area contributed by atoms with Crippen LogP contribution in [0.5, 0.6) is 11.5 Å². The number of rotatable bonds is 5. The van der Waals surface area contributed by atoms with Gasteiger partial charge in [-0.2, -0.15) is 0 Å². The summed E-state index contributed by atoms with van der Waals surface area (Å²) in [5.74, 6) is 2.81. The van der Waals surface area contributed by atoms with E-state index in [2.05, 4.69) is 26.0 Å². The van der Waals surface area contributed by atoms with Gasteiger partial charge in [0.1, 0.15) is 11.5 Å². The molecule has 0 fully saturated rings. The normalized spacial score (nSPS) is 10.4. The molecular weight excluding hydrogens is 254 g/mol. The molecule has 0 heterocycles. The number of aryl methyl sites for hydroxylation is 1. The van der Waals surface area contributed by atoms with Gasteiger partial charge in [0.05, 0.1) is 0 Å². The predicted molar refractivity (Wildman–Crippen MR) is 83.1 cm³/mol. The van der Waals surface area contributed by atoms with E-state index in [4.69, 9.17) is 10.5 Å². The maximum atomic E-state index is 5.84. The summed E-state index contributed by atoms with van der Waals surface area (Å²) in [6, 6.07) is 13.7. The molecule has 0 aliphatic carbocycles. The Labute approximate surface area is 119 Å². The molecule has 2 aromatic carbocycles. The van der Waals surface area contributed by atoms with Crippen molar-refractivity contribution in [2.24, 2.45) is 0 Å². The van der Waals surface area contributed by atoms with Crippen molar-refractivity contribution in [1.82, 2.24) is 0 Å². The number of thioether (sulfide) groups is 1. The van der Waals surface area contributed by atoms with Crippen LogP contribution in [0, 0.1) is 6.92 Å². The second-order valence-corrected chi connectivity index (χ2v) is 5.58. The van der Waals surface area contributed by atoms with Gasteiger partial charge in [-0.3, -0.25) is 0 Å². The van der Waals surface area contributed by atoms with E-state index in [9.17, 15) is 0 Å². The molecule has 0 atom stereocenters. The number of anilines is 1. The van der Waals surface area contributed by atoms with Gasteiger partial charge < -0.3 is 10.5 Å². The summed E-state index contributed by atoms with van der Waals surface area (Å²) in [6.45, 7) is 4.32. The summed E-state index contributed by atoms with van der Waals surface area (Å²) < 4.78 is 5.84. The molecule has 0 amide bonds. The van der Waals surface area contributed by atoms with Crippen molar-refractivity contribution in [1.29, 1.82) is 0 Å². The molecule has 19 heavy (non-hydrogen) atoms. The molecule has 0 spiro atoms. The summed E-state index contributed by atoms with van der Waals surface area (Å²) in [5.41, 5.74) is 7.70. The van der Waals surface area contributed by atoms with Crippen LogP contribution in [0.15, 0.2) is 47.4 Å². The minimum atomic E-state index is 0.746. The summed E-state index contributed by atoms with van der Waals surface area (Å²) >= 11 is 1.87. The van der Waals surface area contributed by atoms with E-state index in [0.29, 0.717) is 0 Å². The van der Waals surface area contributed by atoms with Gasteiger partial charge in [0.15, 0.2) is 0 Å². The Morgan fingerprint density at radius 3 is 2.42 bits per heavy atom. The molecule has 2 nitrogen and oxygen atoms in total. The minimum Gasteiger partial charge on any atom is -0.457 e. The maximum Gasteiger partial charge on any atom is 0.128 e. The fourth-order valence-corrected chi connectivity index (χ4v) is 2.60. The average molecular weight is 273 g/mol. The number of benzene rings is 2. The molecule has 0 saturated carbocycles. The van der Waals surface area contributed by atoms with Crippen LogP contribution in [0.1, 0.15) is 18.9 Å². The fourth-order valence-electron chi connectivity index (χ4n) is 1.68. The Kier molecular flexibility index (Phi) is 4.74. The second kappa shape index (κ2) is 6.53. The smallest absolute Gasteiger partial charge is 0.128 e. The molecule has 0 aliphatic rings. The first-order chi connectivity index (χ1) is 9.19. The highest BCUT2D eigenvalue weighted by Gasteiger charge is 2.03. The summed E-state index contributed by atoms with van der Waals surface area (Å²) in [6.07, 6.45) is 1.17. The highest BCUT2D eigenvalue weighted by molar-refractivity contribution is 7.99. The molecule has 2 N–H and O–H groups in total. The molecule has 0 bridgehead atoms. The third-order valence-corrected chi connectivity index (χ3v) is 4.10. The Morgan fingerprint density at radius 2 is 1.74 bits per heavy atom. The molecule has 3 heteroatoms. The van der Waals surface area contributed by atoms with Gasteiger partial charge in [0.25, 0.3) is 0 Å². The van der Waals surface area contributed by atoms with E-state index in [1.54, 1.807) is 0 Å². The Balaban J connectivity index is 2.14. The zero-order valence-corrected chi connectivity index (χ0v) is 12.2. The Morgan fingerprint density at radius 1 is 1.05 bits per heavy atom. The molecule has 2 aromatic rings. The molecule has 0 unspecified atom stereocenters. The van der Waals surface area contributed by atoms with Gasteiger partial charge in [-0.15, -0.1) is 11.8 Å². The zero-order valence-electron chi connectivity index (χ0n) is 11.3. The SMILES string of the molecule is CCCSc1cc(Oc2ccc(N)cc2)ccc1C. The van der Waals surface area contributed by atoms with Gasteiger partial charge in [-0.25, -0.2) is 0 Å². The first kappa shape index (κ1) is 13.8. The molecule has 0 aliphatic heterocycles. The van der Waals surface area contributed by atoms with Crippen LogP contribution in [0.25, 0.3) is 0 Å². The number of hydrogen-bond donors (Lipinski definition) is 1. The topological polar surface area (TPSA) is 35.2 Å². The van der Waals surface area contributed by atoms with Crippen molar-refractivity contribution in [3.8, 4) is 11.5 Å². The summed E-state index contributed by atoms with van der Waals surface area (Å²) in [4.78, 5) is 1.29. The molecule has 2 rings (SSSR count). The predicted octanol–water partition coefficient (Wildman–Crippen LogP) is 4.87. The quantitative estimate of drug-likeness (QED) is 0.623. The molecule has 100 valence electrons. The first-order valence-corrected chi connectivity index (χ1v) is 7.44. The number of hydrogen-bond acceptors (Lipinski definition) is 3. The van der Waals surface area contributed by atoms with E-state index in [1.165, 1.54) is 16.9 Å². The Bertz CT molecular complexity index is 537. The van der Waals surface area contributed by atoms with E-state index >= 15 is 0 Å². The monoisotopic (exact) mass is 273 g/mol. The first-order valence-electron chi connectivity index (χ1n) is 6.46. The fraction of sp³-hybridized carbons (Fsp3) is 0.250. The van der Waals surface area contributed by atoms with Gasteiger partial charge >= 0.3 is 0 Å². The van der Waals surface area contributed by atoms with Crippen molar-refractivity contribution in [2.45, 2.75) is 25.2 Å². The van der Waals surface area contributed by atoms with Gasteiger partial charge in [0, 0.05) is 10.6 Å². The van der Waals surface area contributed by atoms with Crippen molar-refractivity contribution in [3.05, 3.63) is 48.0 Å². The lowest BCUT2D eigenvalue weighted by Gasteiger charge is -2.10. The molecule has 0 radical (unpaired) electrons. The van der Waals surface area contributed by atoms with Crippen LogP contribution in [0.3, 0.4) is 0 Å². The third kappa shape index (κ3) is 3.93. The lowest BCUT2D eigenvalue weighted by molar-refractivity contribution is 0.481. The zero-order chi connectivity index (χ0) is 13.7. The lowest BCUT2D eigenvalue weighted by atomic mass is 10.2. The molecule has 0 saturated heterocycles. The van der Waals surface area contributed by atoms with Crippen LogP contribution in [0.4, 0.5) is 5.69 Å². The Hall–Kier alpha value is -1.61. The highest BCUT2D eigenvalue weighted by Crippen LogP contribution is 2.30. The van der Waals surface area contributed by atoms with Crippen LogP contribution in [-0.4, -0.2) is 5.75 Å². The van der Waals surface area contributed by atoms with E-state index in [-0.39, 0.29) is 0 Å². The summed E-state index contributed by atoms with van der Waals surface area (Å²) in [7, 11) is 0. The minimum absolute atomic E-state index is 0.746. The van der Waals surface area contributed by atoms with Gasteiger partial charge in [-0.05, 0) is 61.1 Å². The van der Waals surface area contributed by atoms with Gasteiger partial charge in [-0.1, -0.05) is 13.0 Å². The van der Waals surface area contributed by atoms with E-state index < -0.39 is 0 Å². The maximum absolute atomic E-state index is 5.84.